The molecule has 4 nitrogen and oxygen atoms in total. The molecule has 1 amide bonds. The second-order valence-corrected chi connectivity index (χ2v) is 5.85. The molecule has 0 atom stereocenters. The second kappa shape index (κ2) is 5.79. The minimum absolute atomic E-state index is 0.227. The van der Waals surface area contributed by atoms with Crippen LogP contribution in [0.3, 0.4) is 0 Å². The molecule has 114 valence electrons. The number of carbonyl (C=O) groups is 1. The van der Waals surface area contributed by atoms with Gasteiger partial charge in [-0.2, -0.15) is 5.10 Å². The van der Waals surface area contributed by atoms with Crippen molar-refractivity contribution in [3.05, 3.63) is 58.0 Å². The molecule has 1 aliphatic rings. The minimum atomic E-state index is -0.227. The van der Waals surface area contributed by atoms with Crippen molar-refractivity contribution in [3.8, 4) is 0 Å². The zero-order chi connectivity index (χ0) is 15.7. The van der Waals surface area contributed by atoms with Gasteiger partial charge < -0.3 is 4.42 Å². The molecule has 0 fully saturated rings. The van der Waals surface area contributed by atoms with Gasteiger partial charge in [-0.05, 0) is 63.3 Å². The van der Waals surface area contributed by atoms with E-state index in [0.29, 0.717) is 11.3 Å². The molecule has 1 aromatic heterocycles. The van der Waals surface area contributed by atoms with Crippen LogP contribution in [0.4, 0.5) is 0 Å². The van der Waals surface area contributed by atoms with Crippen LogP contribution in [0, 0.1) is 20.8 Å². The summed E-state index contributed by atoms with van der Waals surface area (Å²) < 4.78 is 5.16. The molecule has 0 saturated carbocycles. The van der Waals surface area contributed by atoms with Crippen LogP contribution < -0.4 is 5.43 Å². The van der Waals surface area contributed by atoms with Crippen molar-refractivity contribution < 1.29 is 9.21 Å². The maximum Gasteiger partial charge on any atom is 0.274 e. The van der Waals surface area contributed by atoms with E-state index >= 15 is 0 Å². The Morgan fingerprint density at radius 2 is 2.05 bits per heavy atom. The van der Waals surface area contributed by atoms with E-state index in [1.165, 1.54) is 28.5 Å². The largest absolute Gasteiger partial charge is 0.469 e. The Labute approximate surface area is 130 Å². The van der Waals surface area contributed by atoms with E-state index in [0.717, 1.165) is 25.0 Å². The predicted molar refractivity (Wildman–Crippen MR) is 86.3 cm³/mol. The van der Waals surface area contributed by atoms with E-state index in [9.17, 15) is 4.79 Å². The third-order valence-electron chi connectivity index (χ3n) is 4.16. The maximum absolute atomic E-state index is 12.1. The van der Waals surface area contributed by atoms with Gasteiger partial charge in [0.1, 0.15) is 5.76 Å². The number of benzene rings is 1. The van der Waals surface area contributed by atoms with Gasteiger partial charge in [0.15, 0.2) is 0 Å². The van der Waals surface area contributed by atoms with Crippen LogP contribution in [0.5, 0.6) is 0 Å². The molecule has 1 heterocycles. The minimum Gasteiger partial charge on any atom is -0.469 e. The van der Waals surface area contributed by atoms with Crippen LogP contribution in [-0.2, 0) is 6.42 Å². The first-order valence-electron chi connectivity index (χ1n) is 7.57. The van der Waals surface area contributed by atoms with Gasteiger partial charge in [-0.15, -0.1) is 0 Å². The molecule has 3 rings (SSSR count). The normalized spacial score (nSPS) is 15.7. The van der Waals surface area contributed by atoms with Crippen LogP contribution in [0.15, 0.2) is 34.0 Å². The molecule has 1 N–H and O–H groups in total. The Hall–Kier alpha value is -2.36. The van der Waals surface area contributed by atoms with E-state index < -0.39 is 0 Å². The highest BCUT2D eigenvalue weighted by molar-refractivity contribution is 6.04. The highest BCUT2D eigenvalue weighted by Gasteiger charge is 2.18. The molecule has 1 aliphatic carbocycles. The third kappa shape index (κ3) is 2.69. The monoisotopic (exact) mass is 296 g/mol. The van der Waals surface area contributed by atoms with Gasteiger partial charge in [0.2, 0.25) is 0 Å². The molecule has 1 aromatic carbocycles. The first kappa shape index (κ1) is 14.6. The molecule has 2 aromatic rings. The number of furan rings is 1. The number of fused-ring (bicyclic) bond motifs is 1. The Bertz CT molecular complexity index is 756. The summed E-state index contributed by atoms with van der Waals surface area (Å²) in [5.74, 6) is 0.378. The number of nitrogens with zero attached hydrogens (tertiary/aromatic N) is 1. The zero-order valence-electron chi connectivity index (χ0n) is 13.2. The fourth-order valence-corrected chi connectivity index (χ4v) is 3.07. The summed E-state index contributed by atoms with van der Waals surface area (Å²) in [6, 6.07) is 6.03. The lowest BCUT2D eigenvalue weighted by Gasteiger charge is -2.20. The van der Waals surface area contributed by atoms with Gasteiger partial charge in [-0.25, -0.2) is 5.43 Å². The van der Waals surface area contributed by atoms with Gasteiger partial charge in [0, 0.05) is 5.56 Å². The lowest BCUT2D eigenvalue weighted by molar-refractivity contribution is 0.0953. The molecule has 0 bridgehead atoms. The average Bonchev–Trinajstić information content (AvgIpc) is 2.91. The Morgan fingerprint density at radius 3 is 2.77 bits per heavy atom. The van der Waals surface area contributed by atoms with Gasteiger partial charge >= 0.3 is 0 Å². The van der Waals surface area contributed by atoms with Crippen molar-refractivity contribution in [1.82, 2.24) is 5.43 Å². The van der Waals surface area contributed by atoms with Gasteiger partial charge in [-0.3, -0.25) is 4.79 Å². The van der Waals surface area contributed by atoms with Crippen LogP contribution in [0.25, 0.3) is 0 Å². The zero-order valence-corrected chi connectivity index (χ0v) is 13.2. The van der Waals surface area contributed by atoms with E-state index in [-0.39, 0.29) is 5.91 Å². The van der Waals surface area contributed by atoms with Crippen LogP contribution in [0.2, 0.25) is 0 Å². The first-order valence-corrected chi connectivity index (χ1v) is 7.57. The summed E-state index contributed by atoms with van der Waals surface area (Å²) in [6.45, 7) is 6.00. The Kier molecular flexibility index (Phi) is 3.84. The standard InChI is InChI=1S/C18H20N2O2/c1-11-9-12(2)14-5-4-6-17(16(14)10-11)19-20-18(21)15-7-8-22-13(15)3/h7-10H,4-6H2,1-3H3,(H,20,21)/b19-17+. The highest BCUT2D eigenvalue weighted by Crippen LogP contribution is 2.26. The van der Waals surface area contributed by atoms with Crippen molar-refractivity contribution >= 4 is 11.6 Å². The van der Waals surface area contributed by atoms with E-state index in [2.05, 4.69) is 36.5 Å². The lowest BCUT2D eigenvalue weighted by atomic mass is 9.86. The van der Waals surface area contributed by atoms with E-state index in [1.54, 1.807) is 13.0 Å². The number of nitrogens with one attached hydrogen (secondary N) is 1. The predicted octanol–water partition coefficient (Wildman–Crippen LogP) is 3.68. The van der Waals surface area contributed by atoms with Crippen molar-refractivity contribution in [2.45, 2.75) is 40.0 Å². The molecular weight excluding hydrogens is 276 g/mol. The maximum atomic E-state index is 12.1. The average molecular weight is 296 g/mol. The number of hydrazone groups is 1. The summed E-state index contributed by atoms with van der Waals surface area (Å²) >= 11 is 0. The number of hydrogen-bond donors (Lipinski definition) is 1. The Morgan fingerprint density at radius 1 is 1.23 bits per heavy atom. The summed E-state index contributed by atoms with van der Waals surface area (Å²) in [7, 11) is 0. The number of aryl methyl sites for hydroxylation is 3. The van der Waals surface area contributed by atoms with Gasteiger partial charge in [0.05, 0.1) is 17.5 Å². The molecule has 4 heteroatoms. The van der Waals surface area contributed by atoms with Gasteiger partial charge in [-0.1, -0.05) is 11.6 Å². The van der Waals surface area contributed by atoms with Crippen molar-refractivity contribution in [1.29, 1.82) is 0 Å². The fourth-order valence-electron chi connectivity index (χ4n) is 3.07. The fraction of sp³-hybridized carbons (Fsp3) is 0.333. The molecule has 0 aliphatic heterocycles. The molecule has 0 unspecified atom stereocenters. The van der Waals surface area contributed by atoms with Gasteiger partial charge in [0.25, 0.3) is 5.91 Å². The van der Waals surface area contributed by atoms with Crippen LogP contribution in [-0.4, -0.2) is 11.6 Å². The Balaban J connectivity index is 1.88. The number of rotatable bonds is 2. The van der Waals surface area contributed by atoms with Crippen LogP contribution >= 0.6 is 0 Å². The van der Waals surface area contributed by atoms with E-state index in [1.807, 2.05) is 0 Å². The molecule has 0 radical (unpaired) electrons. The first-order chi connectivity index (χ1) is 10.6. The smallest absolute Gasteiger partial charge is 0.274 e. The quantitative estimate of drug-likeness (QED) is 0.860. The number of amides is 1. The summed E-state index contributed by atoms with van der Waals surface area (Å²) in [5, 5.41) is 4.38. The van der Waals surface area contributed by atoms with Crippen molar-refractivity contribution in [2.75, 3.05) is 0 Å². The molecule has 0 spiro atoms. The highest BCUT2D eigenvalue weighted by atomic mass is 16.3. The van der Waals surface area contributed by atoms with E-state index in [4.69, 9.17) is 4.42 Å². The topological polar surface area (TPSA) is 54.6 Å². The van der Waals surface area contributed by atoms with Crippen molar-refractivity contribution in [2.24, 2.45) is 5.10 Å². The summed E-state index contributed by atoms with van der Waals surface area (Å²) in [6.07, 6.45) is 4.55. The molecule has 22 heavy (non-hydrogen) atoms. The SMILES string of the molecule is Cc1cc(C)c2c(c1)/C(=N/NC(=O)c1ccoc1C)CCC2. The number of hydrogen-bond acceptors (Lipinski definition) is 3. The van der Waals surface area contributed by atoms with Crippen LogP contribution in [0.1, 0.15) is 51.2 Å². The molecular formula is C18H20N2O2. The molecule has 0 saturated heterocycles. The third-order valence-corrected chi connectivity index (χ3v) is 4.16. The second-order valence-electron chi connectivity index (χ2n) is 5.85. The summed E-state index contributed by atoms with van der Waals surface area (Å²) in [5.41, 5.74) is 9.21. The lowest BCUT2D eigenvalue weighted by Crippen LogP contribution is -2.22. The van der Waals surface area contributed by atoms with Crippen molar-refractivity contribution in [3.63, 3.8) is 0 Å². The summed E-state index contributed by atoms with van der Waals surface area (Å²) in [4.78, 5) is 12.1. The number of carbonyl (C=O) groups excluding carboxylic acids is 1.